The van der Waals surface area contributed by atoms with Crippen molar-refractivity contribution in [3.05, 3.63) is 65.7 Å². The van der Waals surface area contributed by atoms with Gasteiger partial charge in [-0.3, -0.25) is 4.72 Å². The Morgan fingerprint density at radius 2 is 1.59 bits per heavy atom. The number of nitrogens with one attached hydrogen (secondary N) is 1. The first-order valence-corrected chi connectivity index (χ1v) is 10.8. The predicted octanol–water partition coefficient (Wildman–Crippen LogP) is 6.25. The summed E-state index contributed by atoms with van der Waals surface area (Å²) >= 11 is -1.78. The van der Waals surface area contributed by atoms with Crippen molar-refractivity contribution < 1.29 is 13.5 Å². The third kappa shape index (κ3) is 4.25. The van der Waals surface area contributed by atoms with Crippen LogP contribution in [-0.4, -0.2) is 9.32 Å². The van der Waals surface area contributed by atoms with Crippen molar-refractivity contribution in [1.29, 1.82) is 0 Å². The Morgan fingerprint density at radius 3 is 2.24 bits per heavy atom. The second kappa shape index (κ2) is 7.71. The van der Waals surface area contributed by atoms with Gasteiger partial charge in [-0.15, -0.1) is 0 Å². The van der Waals surface area contributed by atoms with Crippen LogP contribution in [0.2, 0.25) is 0 Å². The van der Waals surface area contributed by atoms with E-state index in [0.717, 1.165) is 16.5 Å². The summed E-state index contributed by atoms with van der Waals surface area (Å²) in [5.41, 5.74) is 2.67. The summed E-state index contributed by atoms with van der Waals surface area (Å²) in [4.78, 5) is 0. The first kappa shape index (κ1) is 21.2. The van der Waals surface area contributed by atoms with Crippen molar-refractivity contribution in [2.45, 2.75) is 47.0 Å². The quantitative estimate of drug-likeness (QED) is 0.488. The fourth-order valence-electron chi connectivity index (χ4n) is 3.08. The Kier molecular flexibility index (Phi) is 5.63. The summed E-state index contributed by atoms with van der Waals surface area (Å²) < 4.78 is 21.4. The van der Waals surface area contributed by atoms with Crippen molar-refractivity contribution >= 4 is 27.7 Å². The maximum absolute atomic E-state index is 12.7. The van der Waals surface area contributed by atoms with Crippen LogP contribution in [0, 0.1) is 12.3 Å². The van der Waals surface area contributed by atoms with Crippen LogP contribution in [0.3, 0.4) is 0 Å². The Morgan fingerprint density at radius 1 is 0.931 bits per heavy atom. The molecule has 0 aliphatic rings. The van der Waals surface area contributed by atoms with Crippen LogP contribution in [0.4, 0.5) is 5.69 Å². The molecule has 5 heteroatoms. The third-order valence-corrected chi connectivity index (χ3v) is 6.76. The van der Waals surface area contributed by atoms with Gasteiger partial charge in [0, 0.05) is 10.8 Å². The minimum absolute atomic E-state index is 0.0574. The summed E-state index contributed by atoms with van der Waals surface area (Å²) in [5.74, 6) is 0.777. The maximum Gasteiger partial charge on any atom is 0.316 e. The van der Waals surface area contributed by atoms with Crippen molar-refractivity contribution in [3.8, 4) is 11.5 Å². The van der Waals surface area contributed by atoms with Gasteiger partial charge in [0.25, 0.3) is 0 Å². The highest BCUT2D eigenvalue weighted by Gasteiger charge is 2.34. The van der Waals surface area contributed by atoms with E-state index < -0.39 is 11.3 Å². The van der Waals surface area contributed by atoms with E-state index in [0.29, 0.717) is 16.8 Å². The molecule has 1 unspecified atom stereocenters. The molecule has 0 saturated carbocycles. The summed E-state index contributed by atoms with van der Waals surface area (Å²) in [6.07, 6.45) is 0. The van der Waals surface area contributed by atoms with E-state index in [-0.39, 0.29) is 16.6 Å². The molecule has 0 fully saturated rings. The Balaban J connectivity index is 1.87. The monoisotopic (exact) mass is 411 g/mol. The van der Waals surface area contributed by atoms with Crippen molar-refractivity contribution in [2.75, 3.05) is 4.72 Å². The molecular formula is C24H29NO3S. The summed E-state index contributed by atoms with van der Waals surface area (Å²) in [6, 6.07) is 16.8. The lowest BCUT2D eigenvalue weighted by molar-refractivity contribution is 0.225. The molecule has 3 rings (SSSR count). The average Bonchev–Trinajstić information content (AvgIpc) is 2.65. The van der Waals surface area contributed by atoms with Gasteiger partial charge >= 0.3 is 11.3 Å². The van der Waals surface area contributed by atoms with Crippen LogP contribution < -0.4 is 8.91 Å². The maximum atomic E-state index is 12.7. The molecule has 154 valence electrons. The molecule has 0 aliphatic heterocycles. The largest absolute Gasteiger partial charge is 0.507 e. The first-order chi connectivity index (χ1) is 13.5. The number of aromatic hydroxyl groups is 1. The van der Waals surface area contributed by atoms with Gasteiger partial charge in [-0.05, 0) is 47.1 Å². The zero-order chi connectivity index (χ0) is 21.4. The molecule has 3 aromatic rings. The number of rotatable bonds is 5. The predicted molar refractivity (Wildman–Crippen MR) is 122 cm³/mol. The summed E-state index contributed by atoms with van der Waals surface area (Å²) in [7, 11) is 0. The van der Waals surface area contributed by atoms with E-state index in [9.17, 15) is 9.32 Å². The second-order valence-corrected chi connectivity index (χ2v) is 9.79. The molecule has 0 radical (unpaired) electrons. The fourth-order valence-corrected chi connectivity index (χ4v) is 3.82. The van der Waals surface area contributed by atoms with Gasteiger partial charge in [-0.2, -0.15) is 4.21 Å². The van der Waals surface area contributed by atoms with Gasteiger partial charge in [0.2, 0.25) is 0 Å². The van der Waals surface area contributed by atoms with Gasteiger partial charge < -0.3 is 9.29 Å². The Hall–Kier alpha value is -2.53. The van der Waals surface area contributed by atoms with Crippen molar-refractivity contribution in [2.24, 2.45) is 5.41 Å². The molecule has 29 heavy (non-hydrogen) atoms. The molecule has 0 aromatic heterocycles. The first-order valence-electron chi connectivity index (χ1n) is 9.69. The van der Waals surface area contributed by atoms with E-state index in [2.05, 4.69) is 45.4 Å². The lowest BCUT2D eigenvalue weighted by Gasteiger charge is -2.39. The number of phenolic OH excluding ortho intramolecular Hbond substituents is 1. The lowest BCUT2D eigenvalue weighted by atomic mass is 9.65. The fraction of sp³-hybridized carbons (Fsp3) is 0.333. The molecule has 0 amide bonds. The van der Waals surface area contributed by atoms with E-state index in [1.165, 1.54) is 0 Å². The molecule has 0 spiro atoms. The van der Waals surface area contributed by atoms with Gasteiger partial charge in [-0.25, -0.2) is 0 Å². The number of phenols is 1. The van der Waals surface area contributed by atoms with Crippen LogP contribution in [-0.2, 0) is 16.7 Å². The lowest BCUT2D eigenvalue weighted by Crippen LogP contribution is -2.34. The number of benzene rings is 3. The zero-order valence-corrected chi connectivity index (χ0v) is 18.7. The van der Waals surface area contributed by atoms with Crippen LogP contribution in [0.1, 0.15) is 45.7 Å². The molecule has 0 heterocycles. The SMILES string of the molecule is Cc1ccc(C(C)(C)C(C)(C)C)cc1OS(=O)Nc1ccc(O)c2ccccc12. The van der Waals surface area contributed by atoms with Gasteiger partial charge in [0.05, 0.1) is 5.69 Å². The molecule has 3 aromatic carbocycles. The van der Waals surface area contributed by atoms with E-state index in [4.69, 9.17) is 4.18 Å². The highest BCUT2D eigenvalue weighted by molar-refractivity contribution is 7.82. The number of aryl methyl sites for hydroxylation is 1. The molecule has 0 aliphatic carbocycles. The summed E-state index contributed by atoms with van der Waals surface area (Å²) in [5, 5.41) is 11.5. The summed E-state index contributed by atoms with van der Waals surface area (Å²) in [6.45, 7) is 13.0. The van der Waals surface area contributed by atoms with Gasteiger partial charge in [0.15, 0.2) is 0 Å². The minimum atomic E-state index is -1.78. The Labute approximate surface area is 175 Å². The second-order valence-electron chi connectivity index (χ2n) is 8.95. The third-order valence-electron chi connectivity index (χ3n) is 6.04. The number of hydrogen-bond donors (Lipinski definition) is 2. The molecule has 2 N–H and O–H groups in total. The number of hydrogen-bond acceptors (Lipinski definition) is 3. The standard InChI is InChI=1S/C24H29NO3S/c1-16-11-12-17(24(5,6)23(2,3)4)15-22(16)28-29(27)25-20-13-14-21(26)19-10-8-7-9-18(19)20/h7-15,25-26H,1-6H3. The van der Waals surface area contributed by atoms with Gasteiger partial charge in [0.1, 0.15) is 11.5 Å². The van der Waals surface area contributed by atoms with E-state index >= 15 is 0 Å². The molecule has 1 atom stereocenters. The van der Waals surface area contributed by atoms with Crippen LogP contribution >= 0.6 is 0 Å². The zero-order valence-electron chi connectivity index (χ0n) is 17.9. The topological polar surface area (TPSA) is 58.6 Å². The average molecular weight is 412 g/mol. The number of anilines is 1. The van der Waals surface area contributed by atoms with Crippen molar-refractivity contribution in [3.63, 3.8) is 0 Å². The van der Waals surface area contributed by atoms with Crippen LogP contribution in [0.5, 0.6) is 11.5 Å². The number of fused-ring (bicyclic) bond motifs is 1. The highest BCUT2D eigenvalue weighted by Crippen LogP contribution is 2.42. The van der Waals surface area contributed by atoms with E-state index in [1.54, 1.807) is 12.1 Å². The van der Waals surface area contributed by atoms with Crippen LogP contribution in [0.25, 0.3) is 10.8 Å². The highest BCUT2D eigenvalue weighted by atomic mass is 32.2. The molecular weight excluding hydrogens is 382 g/mol. The molecule has 0 saturated heterocycles. The van der Waals surface area contributed by atoms with E-state index in [1.807, 2.05) is 43.3 Å². The normalized spacial score (nSPS) is 13.3. The van der Waals surface area contributed by atoms with Crippen LogP contribution in [0.15, 0.2) is 54.6 Å². The van der Waals surface area contributed by atoms with Gasteiger partial charge in [-0.1, -0.05) is 71.0 Å². The molecule has 0 bridgehead atoms. The Bertz CT molecular complexity index is 1070. The minimum Gasteiger partial charge on any atom is -0.507 e. The van der Waals surface area contributed by atoms with Crippen molar-refractivity contribution in [1.82, 2.24) is 0 Å². The smallest absolute Gasteiger partial charge is 0.316 e. The molecule has 4 nitrogen and oxygen atoms in total.